The lowest BCUT2D eigenvalue weighted by Crippen LogP contribution is -2.08. The standard InChI is InChI=1S/C14H14BrClN4S/c1-9-18-11(8-21-9)3-5-20-13(2-4-16)19-12-6-10(15)7-17-14(12)20/h6-8H,2-5H2,1H3. The Kier molecular flexibility index (Phi) is 4.57. The molecule has 0 N–H and O–H groups in total. The van der Waals surface area contributed by atoms with Crippen molar-refractivity contribution >= 4 is 50.0 Å². The zero-order valence-electron chi connectivity index (χ0n) is 11.5. The van der Waals surface area contributed by atoms with Gasteiger partial charge in [-0.15, -0.1) is 22.9 Å². The first-order valence-corrected chi connectivity index (χ1v) is 8.85. The lowest BCUT2D eigenvalue weighted by molar-refractivity contribution is 0.662. The van der Waals surface area contributed by atoms with Gasteiger partial charge in [-0.2, -0.15) is 0 Å². The maximum Gasteiger partial charge on any atom is 0.160 e. The summed E-state index contributed by atoms with van der Waals surface area (Å²) >= 11 is 11.0. The SMILES string of the molecule is Cc1nc(CCn2c(CCCl)nc3cc(Br)cnc32)cs1. The van der Waals surface area contributed by atoms with Gasteiger partial charge in [-0.1, -0.05) is 0 Å². The molecule has 0 unspecified atom stereocenters. The molecule has 3 rings (SSSR count). The van der Waals surface area contributed by atoms with E-state index < -0.39 is 0 Å². The molecule has 0 saturated carbocycles. The molecule has 0 aliphatic rings. The van der Waals surface area contributed by atoms with Crippen LogP contribution in [0.1, 0.15) is 16.5 Å². The average Bonchev–Trinajstić information content (AvgIpc) is 3.00. The predicted octanol–water partition coefficient (Wildman–Crippen LogP) is 3.98. The number of fused-ring (bicyclic) bond motifs is 1. The number of pyridine rings is 1. The van der Waals surface area contributed by atoms with E-state index in [9.17, 15) is 0 Å². The Balaban J connectivity index is 1.92. The summed E-state index contributed by atoms with van der Waals surface area (Å²) in [6.45, 7) is 2.85. The molecule has 110 valence electrons. The van der Waals surface area contributed by atoms with Crippen molar-refractivity contribution in [1.29, 1.82) is 0 Å². The Labute approximate surface area is 140 Å². The van der Waals surface area contributed by atoms with Gasteiger partial charge < -0.3 is 4.57 Å². The van der Waals surface area contributed by atoms with Crippen molar-refractivity contribution in [3.8, 4) is 0 Å². The van der Waals surface area contributed by atoms with Crippen molar-refractivity contribution in [2.75, 3.05) is 5.88 Å². The zero-order valence-corrected chi connectivity index (χ0v) is 14.7. The molecule has 0 atom stereocenters. The van der Waals surface area contributed by atoms with E-state index in [4.69, 9.17) is 11.6 Å². The molecule has 21 heavy (non-hydrogen) atoms. The van der Waals surface area contributed by atoms with Gasteiger partial charge in [0.1, 0.15) is 11.3 Å². The highest BCUT2D eigenvalue weighted by molar-refractivity contribution is 9.10. The van der Waals surface area contributed by atoms with Gasteiger partial charge in [-0.05, 0) is 28.9 Å². The van der Waals surface area contributed by atoms with Gasteiger partial charge in [0.2, 0.25) is 0 Å². The van der Waals surface area contributed by atoms with E-state index >= 15 is 0 Å². The average molecular weight is 386 g/mol. The van der Waals surface area contributed by atoms with Crippen LogP contribution >= 0.6 is 38.9 Å². The van der Waals surface area contributed by atoms with Crippen LogP contribution in [-0.2, 0) is 19.4 Å². The van der Waals surface area contributed by atoms with Gasteiger partial charge in [-0.3, -0.25) is 0 Å². The van der Waals surface area contributed by atoms with Gasteiger partial charge in [0.25, 0.3) is 0 Å². The Morgan fingerprint density at radius 2 is 2.19 bits per heavy atom. The molecule has 0 saturated heterocycles. The lowest BCUT2D eigenvalue weighted by Gasteiger charge is -2.06. The normalized spacial score (nSPS) is 11.4. The molecule has 3 aromatic rings. The third-order valence-electron chi connectivity index (χ3n) is 3.21. The molecule has 0 aliphatic carbocycles. The molecule has 0 spiro atoms. The highest BCUT2D eigenvalue weighted by Gasteiger charge is 2.12. The van der Waals surface area contributed by atoms with Gasteiger partial charge in [0, 0.05) is 41.3 Å². The van der Waals surface area contributed by atoms with Crippen molar-refractivity contribution in [2.45, 2.75) is 26.3 Å². The van der Waals surface area contributed by atoms with Crippen LogP contribution in [0.3, 0.4) is 0 Å². The number of aryl methyl sites for hydroxylation is 4. The van der Waals surface area contributed by atoms with E-state index in [1.165, 1.54) is 0 Å². The molecular formula is C14H14BrClN4S. The summed E-state index contributed by atoms with van der Waals surface area (Å²) in [6, 6.07) is 1.99. The second kappa shape index (κ2) is 6.42. The third-order valence-corrected chi connectivity index (χ3v) is 4.65. The minimum absolute atomic E-state index is 0.556. The highest BCUT2D eigenvalue weighted by atomic mass is 79.9. The summed E-state index contributed by atoms with van der Waals surface area (Å²) in [6.07, 6.45) is 3.42. The first-order chi connectivity index (χ1) is 10.2. The second-order valence-electron chi connectivity index (χ2n) is 4.72. The number of imidazole rings is 1. The van der Waals surface area contributed by atoms with Gasteiger partial charge in [-0.25, -0.2) is 15.0 Å². The molecular weight excluding hydrogens is 372 g/mol. The summed E-state index contributed by atoms with van der Waals surface area (Å²) in [5.74, 6) is 1.54. The van der Waals surface area contributed by atoms with E-state index in [1.54, 1.807) is 17.5 Å². The van der Waals surface area contributed by atoms with E-state index in [2.05, 4.69) is 40.8 Å². The van der Waals surface area contributed by atoms with Crippen molar-refractivity contribution in [2.24, 2.45) is 0 Å². The van der Waals surface area contributed by atoms with E-state index in [-0.39, 0.29) is 0 Å². The first kappa shape index (κ1) is 14.9. The van der Waals surface area contributed by atoms with Crippen LogP contribution in [0.2, 0.25) is 0 Å². The molecule has 0 bridgehead atoms. The summed E-state index contributed by atoms with van der Waals surface area (Å²) < 4.78 is 3.09. The van der Waals surface area contributed by atoms with E-state index in [1.807, 2.05) is 13.0 Å². The number of halogens is 2. The summed E-state index contributed by atoms with van der Waals surface area (Å²) in [5, 5.41) is 3.21. The van der Waals surface area contributed by atoms with Crippen LogP contribution < -0.4 is 0 Å². The fourth-order valence-electron chi connectivity index (χ4n) is 2.29. The molecule has 3 aromatic heterocycles. The molecule has 3 heterocycles. The van der Waals surface area contributed by atoms with Crippen molar-refractivity contribution < 1.29 is 0 Å². The van der Waals surface area contributed by atoms with Crippen LogP contribution in [0.25, 0.3) is 11.2 Å². The van der Waals surface area contributed by atoms with Crippen molar-refractivity contribution in [1.82, 2.24) is 19.5 Å². The minimum atomic E-state index is 0.556. The summed E-state index contributed by atoms with van der Waals surface area (Å²) in [4.78, 5) is 13.7. The fourth-order valence-corrected chi connectivity index (χ4v) is 3.43. The molecule has 0 aliphatic heterocycles. The highest BCUT2D eigenvalue weighted by Crippen LogP contribution is 2.20. The maximum absolute atomic E-state index is 5.89. The smallest absolute Gasteiger partial charge is 0.160 e. The molecule has 4 nitrogen and oxygen atoms in total. The lowest BCUT2D eigenvalue weighted by atomic mass is 10.3. The number of alkyl halides is 1. The van der Waals surface area contributed by atoms with E-state index in [0.29, 0.717) is 5.88 Å². The monoisotopic (exact) mass is 384 g/mol. The molecule has 0 amide bonds. The predicted molar refractivity (Wildman–Crippen MR) is 90.2 cm³/mol. The van der Waals surface area contributed by atoms with Crippen LogP contribution in [0.4, 0.5) is 0 Å². The number of hydrogen-bond donors (Lipinski definition) is 0. The Morgan fingerprint density at radius 3 is 2.90 bits per heavy atom. The molecule has 0 aromatic carbocycles. The van der Waals surface area contributed by atoms with Crippen LogP contribution in [-0.4, -0.2) is 25.4 Å². The van der Waals surface area contributed by atoms with Gasteiger partial charge in [0.05, 0.1) is 10.7 Å². The van der Waals surface area contributed by atoms with Gasteiger partial charge in [0.15, 0.2) is 5.65 Å². The number of rotatable bonds is 5. The Hall–Kier alpha value is -0.980. The van der Waals surface area contributed by atoms with Crippen LogP contribution in [0.15, 0.2) is 22.1 Å². The quantitative estimate of drug-likeness (QED) is 0.624. The summed E-state index contributed by atoms with van der Waals surface area (Å²) in [5.41, 5.74) is 2.93. The minimum Gasteiger partial charge on any atom is -0.312 e. The first-order valence-electron chi connectivity index (χ1n) is 6.65. The number of nitrogens with zero attached hydrogens (tertiary/aromatic N) is 4. The third kappa shape index (κ3) is 3.27. The second-order valence-corrected chi connectivity index (χ2v) is 7.08. The molecule has 7 heteroatoms. The number of aromatic nitrogens is 4. The Bertz CT molecular complexity index is 768. The topological polar surface area (TPSA) is 43.6 Å². The largest absolute Gasteiger partial charge is 0.312 e. The van der Waals surface area contributed by atoms with Crippen LogP contribution in [0, 0.1) is 6.92 Å². The van der Waals surface area contributed by atoms with Crippen LogP contribution in [0.5, 0.6) is 0 Å². The summed E-state index contributed by atoms with van der Waals surface area (Å²) in [7, 11) is 0. The maximum atomic E-state index is 5.89. The number of hydrogen-bond acceptors (Lipinski definition) is 4. The molecule has 0 fully saturated rings. The Morgan fingerprint density at radius 1 is 1.33 bits per heavy atom. The number of thiazole rings is 1. The fraction of sp³-hybridized carbons (Fsp3) is 0.357. The van der Waals surface area contributed by atoms with E-state index in [0.717, 1.165) is 51.5 Å². The molecule has 0 radical (unpaired) electrons. The van der Waals surface area contributed by atoms with Crippen molar-refractivity contribution in [3.63, 3.8) is 0 Å². The van der Waals surface area contributed by atoms with Crippen molar-refractivity contribution in [3.05, 3.63) is 38.6 Å². The van der Waals surface area contributed by atoms with Gasteiger partial charge >= 0.3 is 0 Å². The zero-order chi connectivity index (χ0) is 14.8.